The molecule has 3 nitrogen and oxygen atoms in total. The van der Waals surface area contributed by atoms with Gasteiger partial charge >= 0.3 is 0 Å². The molecule has 0 saturated heterocycles. The average molecular weight is 409 g/mol. The van der Waals surface area contributed by atoms with Crippen LogP contribution in [0.1, 0.15) is 40.2 Å². The summed E-state index contributed by atoms with van der Waals surface area (Å²) in [7, 11) is 3.92. The fourth-order valence-electron chi connectivity index (χ4n) is 1.60. The molecule has 1 rings (SSSR count). The molecule has 0 aliphatic rings. The second-order valence-electron chi connectivity index (χ2n) is 4.77. The molecule has 0 aliphatic heterocycles. The van der Waals surface area contributed by atoms with Crippen LogP contribution in [0.4, 0.5) is 0 Å². The number of likely N-dealkylation sites (N-methyl/N-ethyl adjacent to an activating group) is 1. The normalized spacial score (nSPS) is 11.0. The molecule has 4 heteroatoms. The summed E-state index contributed by atoms with van der Waals surface area (Å²) >= 11 is 3.45. The van der Waals surface area contributed by atoms with E-state index in [1.165, 1.54) is 0 Å². The van der Waals surface area contributed by atoms with Crippen molar-refractivity contribution in [2.75, 3.05) is 20.6 Å². The molecule has 0 aromatic heterocycles. The summed E-state index contributed by atoms with van der Waals surface area (Å²) in [6.07, 6.45) is 9.11. The van der Waals surface area contributed by atoms with Crippen LogP contribution in [0.2, 0.25) is 0 Å². The highest BCUT2D eigenvalue weighted by Crippen LogP contribution is 2.17. The van der Waals surface area contributed by atoms with E-state index in [1.807, 2.05) is 102 Å². The maximum Gasteiger partial charge on any atom is 0.248 e. The third kappa shape index (κ3) is 13.3. The first-order valence-electron chi connectivity index (χ1n) is 8.74. The van der Waals surface area contributed by atoms with Gasteiger partial charge in [0.05, 0.1) is 0 Å². The van der Waals surface area contributed by atoms with Crippen LogP contribution in [0.3, 0.4) is 0 Å². The number of benzene rings is 1. The van der Waals surface area contributed by atoms with Crippen molar-refractivity contribution < 1.29 is 4.79 Å². The molecule has 1 N–H and O–H groups in total. The van der Waals surface area contributed by atoms with Crippen LogP contribution in [0.15, 0.2) is 59.1 Å². The van der Waals surface area contributed by atoms with E-state index >= 15 is 0 Å². The quantitative estimate of drug-likeness (QED) is 0.486. The average Bonchev–Trinajstić information content (AvgIpc) is 2.61. The van der Waals surface area contributed by atoms with Gasteiger partial charge in [-0.2, -0.15) is 0 Å². The number of hydrogen-bond donors (Lipinski definition) is 1. The van der Waals surface area contributed by atoms with E-state index in [0.717, 1.165) is 22.3 Å². The Balaban J connectivity index is 0. The summed E-state index contributed by atoms with van der Waals surface area (Å²) in [5.41, 5.74) is 1.73. The van der Waals surface area contributed by atoms with E-state index in [9.17, 15) is 4.79 Å². The number of carbonyl (C=O) groups excluding carboxylic acids is 1. The summed E-state index contributed by atoms with van der Waals surface area (Å²) in [6.45, 7) is 10.7. The Kier molecular flexibility index (Phi) is 17.6. The Morgan fingerprint density at radius 3 is 2.36 bits per heavy atom. The number of amides is 1. The lowest BCUT2D eigenvalue weighted by Gasteiger charge is -2.09. The van der Waals surface area contributed by atoms with Crippen molar-refractivity contribution in [3.8, 4) is 0 Å². The van der Waals surface area contributed by atoms with E-state index in [4.69, 9.17) is 0 Å². The molecule has 0 radical (unpaired) electrons. The fourth-order valence-corrected chi connectivity index (χ4v) is 2.00. The molecule has 0 heterocycles. The minimum absolute atomic E-state index is 0.132. The molecule has 140 valence electrons. The number of allylic oxidation sites excluding steroid dienone is 3. The van der Waals surface area contributed by atoms with Crippen molar-refractivity contribution in [1.29, 1.82) is 0 Å². The largest absolute Gasteiger partial charge is 0.322 e. The molecule has 0 unspecified atom stereocenters. The van der Waals surface area contributed by atoms with Gasteiger partial charge in [0.15, 0.2) is 0 Å². The minimum atomic E-state index is -0.132. The van der Waals surface area contributed by atoms with Gasteiger partial charge in [0.1, 0.15) is 0 Å². The van der Waals surface area contributed by atoms with Gasteiger partial charge in [0.2, 0.25) is 5.91 Å². The van der Waals surface area contributed by atoms with Gasteiger partial charge in [-0.05, 0) is 44.8 Å². The van der Waals surface area contributed by atoms with Crippen LogP contribution in [-0.4, -0.2) is 31.4 Å². The molecule has 0 aliphatic carbocycles. The van der Waals surface area contributed by atoms with E-state index in [1.54, 1.807) is 6.08 Å². The van der Waals surface area contributed by atoms with Crippen molar-refractivity contribution in [2.45, 2.75) is 34.6 Å². The maximum absolute atomic E-state index is 12.0. The zero-order valence-corrected chi connectivity index (χ0v) is 18.2. The van der Waals surface area contributed by atoms with Crippen molar-refractivity contribution in [1.82, 2.24) is 10.2 Å². The third-order valence-electron chi connectivity index (χ3n) is 2.59. The van der Waals surface area contributed by atoms with E-state index in [-0.39, 0.29) is 5.91 Å². The van der Waals surface area contributed by atoms with Gasteiger partial charge in [0, 0.05) is 22.8 Å². The lowest BCUT2D eigenvalue weighted by atomic mass is 10.1. The van der Waals surface area contributed by atoms with Gasteiger partial charge in [-0.25, -0.2) is 0 Å². The predicted octanol–water partition coefficient (Wildman–Crippen LogP) is 5.65. The SMILES string of the molecule is C/C=C/C=C(\NC(=O)/C=C/CN(C)C)c1cccc(Br)c1.CC.CC. The number of halogens is 1. The number of hydrogen-bond acceptors (Lipinski definition) is 2. The Hall–Kier alpha value is -1.65. The van der Waals surface area contributed by atoms with Gasteiger partial charge in [-0.15, -0.1) is 0 Å². The lowest BCUT2D eigenvalue weighted by molar-refractivity contribution is -0.115. The monoisotopic (exact) mass is 408 g/mol. The molecule has 25 heavy (non-hydrogen) atoms. The topological polar surface area (TPSA) is 32.3 Å². The van der Waals surface area contributed by atoms with Gasteiger partial charge < -0.3 is 10.2 Å². The molecule has 1 aromatic rings. The third-order valence-corrected chi connectivity index (χ3v) is 3.08. The zero-order valence-electron chi connectivity index (χ0n) is 16.6. The van der Waals surface area contributed by atoms with Crippen LogP contribution in [0, 0.1) is 0 Å². The van der Waals surface area contributed by atoms with E-state index in [2.05, 4.69) is 21.2 Å². The van der Waals surface area contributed by atoms with Crippen molar-refractivity contribution in [3.05, 3.63) is 64.7 Å². The molecule has 0 bridgehead atoms. The molecular weight excluding hydrogens is 376 g/mol. The highest BCUT2D eigenvalue weighted by Gasteiger charge is 2.04. The second kappa shape index (κ2) is 17.2. The number of nitrogens with one attached hydrogen (secondary N) is 1. The van der Waals surface area contributed by atoms with E-state index < -0.39 is 0 Å². The molecule has 0 fully saturated rings. The van der Waals surface area contributed by atoms with Gasteiger partial charge in [0.25, 0.3) is 0 Å². The van der Waals surface area contributed by atoms with Gasteiger partial charge in [-0.3, -0.25) is 4.79 Å². The first-order chi connectivity index (χ1) is 12.0. The highest BCUT2D eigenvalue weighted by molar-refractivity contribution is 9.10. The van der Waals surface area contributed by atoms with Crippen molar-refractivity contribution in [3.63, 3.8) is 0 Å². The lowest BCUT2D eigenvalue weighted by Crippen LogP contribution is -2.20. The number of nitrogens with zero attached hydrogens (tertiary/aromatic N) is 1. The first kappa shape index (κ1) is 25.6. The minimum Gasteiger partial charge on any atom is -0.322 e. The summed E-state index contributed by atoms with van der Waals surface area (Å²) in [5.74, 6) is -0.132. The van der Waals surface area contributed by atoms with Crippen LogP contribution < -0.4 is 5.32 Å². The fraction of sp³-hybridized carbons (Fsp3) is 0.381. The van der Waals surface area contributed by atoms with Crippen LogP contribution in [-0.2, 0) is 4.79 Å². The molecular formula is C21H33BrN2O. The summed E-state index contributed by atoms with van der Waals surface area (Å²) in [5, 5.41) is 2.91. The standard InChI is InChI=1S/C17H21BrN2O.2C2H6/c1-4-5-10-16(14-8-6-9-15(18)13-14)19-17(21)11-7-12-20(2)3;2*1-2/h4-11,13H,12H2,1-3H3,(H,19,21);2*1-2H3/b5-4+,11-7+,16-10-;;. The number of rotatable bonds is 6. The summed E-state index contributed by atoms with van der Waals surface area (Å²) in [4.78, 5) is 14.0. The van der Waals surface area contributed by atoms with Crippen molar-refractivity contribution >= 4 is 27.5 Å². The molecule has 0 atom stereocenters. The zero-order chi connectivity index (χ0) is 19.7. The Morgan fingerprint density at radius 1 is 1.20 bits per heavy atom. The predicted molar refractivity (Wildman–Crippen MR) is 115 cm³/mol. The van der Waals surface area contributed by atoms with Crippen LogP contribution in [0.5, 0.6) is 0 Å². The first-order valence-corrected chi connectivity index (χ1v) is 9.53. The smallest absolute Gasteiger partial charge is 0.248 e. The second-order valence-corrected chi connectivity index (χ2v) is 5.69. The molecule has 0 saturated carbocycles. The van der Waals surface area contributed by atoms with Crippen LogP contribution >= 0.6 is 15.9 Å². The highest BCUT2D eigenvalue weighted by atomic mass is 79.9. The summed E-state index contributed by atoms with van der Waals surface area (Å²) < 4.78 is 0.976. The molecule has 1 amide bonds. The number of carbonyl (C=O) groups is 1. The van der Waals surface area contributed by atoms with E-state index in [0.29, 0.717) is 0 Å². The Bertz CT molecular complexity index is 561. The van der Waals surface area contributed by atoms with Crippen molar-refractivity contribution in [2.24, 2.45) is 0 Å². The van der Waals surface area contributed by atoms with Crippen LogP contribution in [0.25, 0.3) is 5.70 Å². The Labute approximate surface area is 162 Å². The molecule has 0 spiro atoms. The van der Waals surface area contributed by atoms with Gasteiger partial charge in [-0.1, -0.05) is 74.0 Å². The maximum atomic E-state index is 12.0. The Morgan fingerprint density at radius 2 is 1.84 bits per heavy atom. The summed E-state index contributed by atoms with van der Waals surface area (Å²) in [6, 6.07) is 7.83. The molecule has 1 aromatic carbocycles.